The number of anilines is 1. The second-order valence-electron chi connectivity index (χ2n) is 3.67. The van der Waals surface area contributed by atoms with Gasteiger partial charge >= 0.3 is 0 Å². The molecule has 0 atom stereocenters. The van der Waals surface area contributed by atoms with E-state index in [1.807, 2.05) is 5.38 Å². The van der Waals surface area contributed by atoms with Crippen LogP contribution in [0.1, 0.15) is 38.3 Å². The van der Waals surface area contributed by atoms with Gasteiger partial charge < -0.3 is 11.1 Å². The first kappa shape index (κ1) is 15.3. The lowest BCUT2D eigenvalue weighted by molar-refractivity contribution is -0.116. The quantitative estimate of drug-likeness (QED) is 0.857. The molecular weight excluding hydrogens is 246 g/mol. The SMILES string of the molecule is CC(C)c1csc(NC(=O)CCCN)n1.Cl. The summed E-state index contributed by atoms with van der Waals surface area (Å²) in [6, 6.07) is 0. The van der Waals surface area contributed by atoms with Gasteiger partial charge in [0.15, 0.2) is 5.13 Å². The van der Waals surface area contributed by atoms with Gasteiger partial charge in [-0.25, -0.2) is 4.98 Å². The summed E-state index contributed by atoms with van der Waals surface area (Å²) in [5.41, 5.74) is 6.34. The third-order valence-electron chi connectivity index (χ3n) is 1.97. The molecule has 3 N–H and O–H groups in total. The standard InChI is InChI=1S/C10H17N3OS.ClH/c1-7(2)8-6-15-10(12-8)13-9(14)4-3-5-11;/h6-7H,3-5,11H2,1-2H3,(H,12,13,14);1H. The maximum Gasteiger partial charge on any atom is 0.226 e. The Morgan fingerprint density at radius 1 is 1.62 bits per heavy atom. The van der Waals surface area contributed by atoms with Crippen molar-refractivity contribution in [1.82, 2.24) is 4.98 Å². The molecule has 0 spiro atoms. The second kappa shape index (κ2) is 7.60. The van der Waals surface area contributed by atoms with Gasteiger partial charge in [0.25, 0.3) is 0 Å². The van der Waals surface area contributed by atoms with E-state index in [4.69, 9.17) is 5.73 Å². The number of hydrogen-bond acceptors (Lipinski definition) is 4. The Balaban J connectivity index is 0.00000225. The molecule has 1 heterocycles. The number of carbonyl (C=O) groups is 1. The average molecular weight is 264 g/mol. The van der Waals surface area contributed by atoms with Gasteiger partial charge in [-0.15, -0.1) is 23.7 Å². The fourth-order valence-corrected chi connectivity index (χ4v) is 1.94. The largest absolute Gasteiger partial charge is 0.330 e. The van der Waals surface area contributed by atoms with Crippen molar-refractivity contribution < 1.29 is 4.79 Å². The highest BCUT2D eigenvalue weighted by Crippen LogP contribution is 2.21. The third-order valence-corrected chi connectivity index (χ3v) is 2.74. The van der Waals surface area contributed by atoms with E-state index in [9.17, 15) is 4.79 Å². The molecule has 0 aromatic carbocycles. The molecule has 92 valence electrons. The molecule has 1 aromatic heterocycles. The van der Waals surface area contributed by atoms with Crippen molar-refractivity contribution in [2.24, 2.45) is 5.73 Å². The molecule has 1 rings (SSSR count). The van der Waals surface area contributed by atoms with Crippen LogP contribution in [0.25, 0.3) is 0 Å². The van der Waals surface area contributed by atoms with E-state index in [-0.39, 0.29) is 18.3 Å². The smallest absolute Gasteiger partial charge is 0.226 e. The fourth-order valence-electron chi connectivity index (χ4n) is 1.05. The minimum Gasteiger partial charge on any atom is -0.330 e. The lowest BCUT2D eigenvalue weighted by atomic mass is 10.2. The van der Waals surface area contributed by atoms with Crippen LogP contribution in [0.4, 0.5) is 5.13 Å². The molecule has 0 saturated carbocycles. The first-order valence-corrected chi connectivity index (χ1v) is 5.96. The highest BCUT2D eigenvalue weighted by molar-refractivity contribution is 7.13. The number of hydrogen-bond donors (Lipinski definition) is 2. The van der Waals surface area contributed by atoms with E-state index < -0.39 is 0 Å². The highest BCUT2D eigenvalue weighted by atomic mass is 35.5. The second-order valence-corrected chi connectivity index (χ2v) is 4.53. The fraction of sp³-hybridized carbons (Fsp3) is 0.600. The maximum atomic E-state index is 11.4. The van der Waals surface area contributed by atoms with Crippen LogP contribution in [0.2, 0.25) is 0 Å². The normalized spacial score (nSPS) is 10.0. The molecule has 0 fully saturated rings. The summed E-state index contributed by atoms with van der Waals surface area (Å²) in [6.07, 6.45) is 1.18. The Labute approximate surface area is 106 Å². The molecule has 0 radical (unpaired) electrons. The molecule has 0 bridgehead atoms. The zero-order chi connectivity index (χ0) is 11.3. The van der Waals surface area contributed by atoms with Gasteiger partial charge in [-0.05, 0) is 18.9 Å². The summed E-state index contributed by atoms with van der Waals surface area (Å²) in [5, 5.41) is 5.42. The van der Waals surface area contributed by atoms with Gasteiger partial charge in [0, 0.05) is 11.8 Å². The van der Waals surface area contributed by atoms with E-state index in [0.717, 1.165) is 5.69 Å². The summed E-state index contributed by atoms with van der Waals surface area (Å²) >= 11 is 1.47. The monoisotopic (exact) mass is 263 g/mol. The van der Waals surface area contributed by atoms with Crippen LogP contribution in [-0.2, 0) is 4.79 Å². The van der Waals surface area contributed by atoms with Crippen molar-refractivity contribution in [2.75, 3.05) is 11.9 Å². The van der Waals surface area contributed by atoms with Crippen LogP contribution < -0.4 is 11.1 Å². The van der Waals surface area contributed by atoms with E-state index >= 15 is 0 Å². The van der Waals surface area contributed by atoms with Gasteiger partial charge in [-0.2, -0.15) is 0 Å². The number of nitrogens with two attached hydrogens (primary N) is 1. The molecule has 16 heavy (non-hydrogen) atoms. The summed E-state index contributed by atoms with van der Waals surface area (Å²) in [4.78, 5) is 15.7. The zero-order valence-corrected chi connectivity index (χ0v) is 11.2. The summed E-state index contributed by atoms with van der Waals surface area (Å²) in [6.45, 7) is 4.70. The van der Waals surface area contributed by atoms with Crippen LogP contribution in [0.15, 0.2) is 5.38 Å². The minimum atomic E-state index is -0.00916. The van der Waals surface area contributed by atoms with Gasteiger partial charge in [0.2, 0.25) is 5.91 Å². The molecule has 0 saturated heterocycles. The van der Waals surface area contributed by atoms with E-state index in [1.54, 1.807) is 0 Å². The molecular formula is C10H18ClN3OS. The zero-order valence-electron chi connectivity index (χ0n) is 9.53. The Kier molecular flexibility index (Phi) is 7.29. The number of carbonyl (C=O) groups excluding carboxylic acids is 1. The third kappa shape index (κ3) is 4.92. The van der Waals surface area contributed by atoms with Gasteiger partial charge in [-0.1, -0.05) is 13.8 Å². The van der Waals surface area contributed by atoms with Crippen LogP contribution in [0, 0.1) is 0 Å². The summed E-state index contributed by atoms with van der Waals surface area (Å²) in [7, 11) is 0. The average Bonchev–Trinajstić information content (AvgIpc) is 2.63. The Bertz CT molecular complexity index is 328. The van der Waals surface area contributed by atoms with Crippen molar-refractivity contribution in [3.8, 4) is 0 Å². The van der Waals surface area contributed by atoms with Crippen molar-refractivity contribution in [3.63, 3.8) is 0 Å². The van der Waals surface area contributed by atoms with Gasteiger partial charge in [0.05, 0.1) is 5.69 Å². The first-order valence-electron chi connectivity index (χ1n) is 5.09. The topological polar surface area (TPSA) is 68.0 Å². The lowest BCUT2D eigenvalue weighted by Crippen LogP contribution is -2.13. The van der Waals surface area contributed by atoms with E-state index in [2.05, 4.69) is 24.1 Å². The predicted molar refractivity (Wildman–Crippen MR) is 70.4 cm³/mol. The molecule has 0 aliphatic carbocycles. The molecule has 1 amide bonds. The molecule has 0 aliphatic rings. The van der Waals surface area contributed by atoms with Crippen LogP contribution in [-0.4, -0.2) is 17.4 Å². The molecule has 0 unspecified atom stereocenters. The van der Waals surface area contributed by atoms with Crippen LogP contribution in [0.3, 0.4) is 0 Å². The van der Waals surface area contributed by atoms with Crippen molar-refractivity contribution in [1.29, 1.82) is 0 Å². The van der Waals surface area contributed by atoms with Crippen LogP contribution >= 0.6 is 23.7 Å². The summed E-state index contributed by atoms with van der Waals surface area (Å²) < 4.78 is 0. The molecule has 4 nitrogen and oxygen atoms in total. The minimum absolute atomic E-state index is 0. The Morgan fingerprint density at radius 2 is 2.31 bits per heavy atom. The number of thiazole rings is 1. The number of nitrogens with zero attached hydrogens (tertiary/aromatic N) is 1. The van der Waals surface area contributed by atoms with Crippen LogP contribution in [0.5, 0.6) is 0 Å². The Morgan fingerprint density at radius 3 is 2.81 bits per heavy atom. The van der Waals surface area contributed by atoms with Crippen molar-refractivity contribution in [3.05, 3.63) is 11.1 Å². The number of amides is 1. The molecule has 1 aromatic rings. The number of aromatic nitrogens is 1. The first-order chi connectivity index (χ1) is 7.13. The van der Waals surface area contributed by atoms with Crippen molar-refractivity contribution >= 4 is 34.8 Å². The highest BCUT2D eigenvalue weighted by Gasteiger charge is 2.07. The number of rotatable bonds is 5. The maximum absolute atomic E-state index is 11.4. The number of halogens is 1. The van der Waals surface area contributed by atoms with Crippen molar-refractivity contribution in [2.45, 2.75) is 32.6 Å². The van der Waals surface area contributed by atoms with Gasteiger partial charge in [0.1, 0.15) is 0 Å². The Hall–Kier alpha value is -0.650. The van der Waals surface area contributed by atoms with Gasteiger partial charge in [-0.3, -0.25) is 4.79 Å². The van der Waals surface area contributed by atoms with E-state index in [0.29, 0.717) is 30.4 Å². The molecule has 0 aliphatic heterocycles. The molecule has 6 heteroatoms. The predicted octanol–water partition coefficient (Wildman–Crippen LogP) is 2.37. The number of nitrogens with one attached hydrogen (secondary N) is 1. The lowest BCUT2D eigenvalue weighted by Gasteiger charge is -2.00. The summed E-state index contributed by atoms with van der Waals surface area (Å²) in [5.74, 6) is 0.390. The van der Waals surface area contributed by atoms with E-state index in [1.165, 1.54) is 11.3 Å².